The summed E-state index contributed by atoms with van der Waals surface area (Å²) in [6.07, 6.45) is 0. The van der Waals surface area contributed by atoms with Crippen LogP contribution in [0.15, 0.2) is 0 Å². The van der Waals surface area contributed by atoms with Crippen LogP contribution in [0.5, 0.6) is 0 Å². The van der Waals surface area contributed by atoms with Crippen molar-refractivity contribution in [2.24, 2.45) is 11.5 Å². The third kappa shape index (κ3) is 10.9. The van der Waals surface area contributed by atoms with Gasteiger partial charge in [-0.05, 0) is 48.6 Å². The van der Waals surface area contributed by atoms with Crippen LogP contribution in [-0.4, -0.2) is 48.5 Å². The van der Waals surface area contributed by atoms with Gasteiger partial charge in [0.05, 0.1) is 5.60 Å². The highest BCUT2D eigenvalue weighted by atomic mass is 16.3. The Labute approximate surface area is 113 Å². The van der Waals surface area contributed by atoms with Crippen LogP contribution in [0.2, 0.25) is 0 Å². The molecule has 0 radical (unpaired) electrons. The lowest BCUT2D eigenvalue weighted by molar-refractivity contribution is 0.0898. The van der Waals surface area contributed by atoms with Gasteiger partial charge in [-0.15, -0.1) is 0 Å². The largest absolute Gasteiger partial charge is 0.389 e. The van der Waals surface area contributed by atoms with E-state index in [1.807, 2.05) is 20.9 Å². The van der Waals surface area contributed by atoms with Crippen molar-refractivity contribution in [1.29, 1.82) is 0 Å². The highest BCUT2D eigenvalue weighted by Gasteiger charge is 2.32. The van der Waals surface area contributed by atoms with Crippen molar-refractivity contribution >= 4 is 0 Å². The Morgan fingerprint density at radius 2 is 1.39 bits per heavy atom. The van der Waals surface area contributed by atoms with Crippen LogP contribution >= 0.6 is 0 Å². The van der Waals surface area contributed by atoms with Crippen molar-refractivity contribution in [3.05, 3.63) is 0 Å². The molecular weight excluding hydrogens is 228 g/mol. The molecule has 0 bridgehead atoms. The molecule has 5 nitrogen and oxygen atoms in total. The third-order valence-electron chi connectivity index (χ3n) is 3.05. The molecule has 112 valence electrons. The quantitative estimate of drug-likeness (QED) is 0.435. The number of hydrogen-bond acceptors (Lipinski definition) is 5. The maximum absolute atomic E-state index is 8.70. The van der Waals surface area contributed by atoms with Crippen LogP contribution in [0.4, 0.5) is 0 Å². The summed E-state index contributed by atoms with van der Waals surface area (Å²) in [5.74, 6) is 0. The highest BCUT2D eigenvalue weighted by molar-refractivity contribution is 4.97. The minimum atomic E-state index is -0.681. The Balaban J connectivity index is 0. The molecule has 0 saturated heterocycles. The molecule has 0 amide bonds. The number of nitrogens with two attached hydrogens (primary N) is 2. The minimum Gasteiger partial charge on any atom is -0.389 e. The van der Waals surface area contributed by atoms with Gasteiger partial charge in [0, 0.05) is 30.7 Å². The monoisotopic (exact) mass is 262 g/mol. The van der Waals surface area contributed by atoms with Gasteiger partial charge in [0.15, 0.2) is 0 Å². The normalized spacial score (nSPS) is 13.0. The number of hydrogen-bond donors (Lipinski definition) is 5. The number of aliphatic hydroxyl groups is 1. The fraction of sp³-hybridized carbons (Fsp3) is 1.00. The average molecular weight is 262 g/mol. The van der Waals surface area contributed by atoms with Crippen molar-refractivity contribution < 1.29 is 5.11 Å². The van der Waals surface area contributed by atoms with E-state index in [4.69, 9.17) is 16.6 Å². The van der Waals surface area contributed by atoms with E-state index in [0.29, 0.717) is 6.54 Å². The zero-order chi connectivity index (χ0) is 15.0. The van der Waals surface area contributed by atoms with Crippen molar-refractivity contribution in [1.82, 2.24) is 10.6 Å². The topological polar surface area (TPSA) is 96.3 Å². The Morgan fingerprint density at radius 3 is 1.61 bits per heavy atom. The van der Waals surface area contributed by atoms with Gasteiger partial charge in [0.1, 0.15) is 0 Å². The molecule has 18 heavy (non-hydrogen) atoms. The summed E-state index contributed by atoms with van der Waals surface area (Å²) in [7, 11) is 1.95. The summed E-state index contributed by atoms with van der Waals surface area (Å²) in [5, 5.41) is 15.2. The van der Waals surface area contributed by atoms with Gasteiger partial charge in [-0.2, -0.15) is 0 Å². The third-order valence-corrected chi connectivity index (χ3v) is 3.05. The Morgan fingerprint density at radius 1 is 1.00 bits per heavy atom. The van der Waals surface area contributed by atoms with Crippen molar-refractivity contribution in [2.45, 2.75) is 58.2 Å². The van der Waals surface area contributed by atoms with Crippen LogP contribution < -0.4 is 22.1 Å². The van der Waals surface area contributed by atoms with Crippen LogP contribution in [0, 0.1) is 0 Å². The van der Waals surface area contributed by atoms with Gasteiger partial charge in [-0.3, -0.25) is 0 Å². The summed E-state index contributed by atoms with van der Waals surface area (Å²) < 4.78 is 0. The highest BCUT2D eigenvalue weighted by Crippen LogP contribution is 2.17. The molecule has 0 saturated carbocycles. The number of likely N-dealkylation sites (N-methyl/N-ethyl adjacent to an activating group) is 1. The molecule has 0 heterocycles. The molecule has 5 heteroatoms. The first-order chi connectivity index (χ1) is 7.87. The van der Waals surface area contributed by atoms with Gasteiger partial charge in [-0.25, -0.2) is 0 Å². The zero-order valence-corrected chi connectivity index (χ0v) is 13.2. The summed E-state index contributed by atoms with van der Waals surface area (Å²) in [5.41, 5.74) is 10.2. The fourth-order valence-electron chi connectivity index (χ4n) is 0.728. The van der Waals surface area contributed by atoms with Gasteiger partial charge in [0.2, 0.25) is 0 Å². The van der Waals surface area contributed by atoms with Crippen molar-refractivity contribution in [2.75, 3.05) is 26.7 Å². The summed E-state index contributed by atoms with van der Waals surface area (Å²) in [6.45, 7) is 13.9. The first-order valence-electron chi connectivity index (χ1n) is 6.48. The van der Waals surface area contributed by atoms with E-state index < -0.39 is 5.60 Å². The predicted molar refractivity (Wildman–Crippen MR) is 79.6 cm³/mol. The van der Waals surface area contributed by atoms with E-state index in [0.717, 1.165) is 13.1 Å². The molecule has 0 aromatic rings. The molecule has 0 atom stereocenters. The molecule has 0 fully saturated rings. The Bertz CT molecular complexity index is 204. The second-order valence-electron chi connectivity index (χ2n) is 6.39. The zero-order valence-electron chi connectivity index (χ0n) is 13.2. The standard InChI is InChI=1S/C9H23N3.C4H11NO/c1-8(2,10)9(3,4)12-7-6-11-5;1-4(2,6)3-5/h11-12H,6-7,10H2,1-5H3;6H,3,5H2,1-2H3. The maximum Gasteiger partial charge on any atom is 0.0713 e. The van der Waals surface area contributed by atoms with E-state index in [2.05, 4.69) is 24.5 Å². The van der Waals surface area contributed by atoms with E-state index in [1.165, 1.54) is 0 Å². The molecule has 0 aliphatic rings. The molecular formula is C13H34N4O. The lowest BCUT2D eigenvalue weighted by Gasteiger charge is -2.39. The Hall–Kier alpha value is -0.200. The van der Waals surface area contributed by atoms with E-state index >= 15 is 0 Å². The smallest absolute Gasteiger partial charge is 0.0713 e. The van der Waals surface area contributed by atoms with Crippen molar-refractivity contribution in [3.63, 3.8) is 0 Å². The van der Waals surface area contributed by atoms with Gasteiger partial charge in [0.25, 0.3) is 0 Å². The first-order valence-corrected chi connectivity index (χ1v) is 6.48. The molecule has 0 spiro atoms. The van der Waals surface area contributed by atoms with Crippen LogP contribution in [0.1, 0.15) is 41.5 Å². The second-order valence-corrected chi connectivity index (χ2v) is 6.39. The average Bonchev–Trinajstić information content (AvgIpc) is 2.16. The molecule has 0 unspecified atom stereocenters. The van der Waals surface area contributed by atoms with Crippen LogP contribution in [-0.2, 0) is 0 Å². The van der Waals surface area contributed by atoms with Gasteiger partial charge < -0.3 is 27.2 Å². The van der Waals surface area contributed by atoms with Crippen LogP contribution in [0.3, 0.4) is 0 Å². The minimum absolute atomic E-state index is 0.0240. The maximum atomic E-state index is 8.70. The van der Waals surface area contributed by atoms with Gasteiger partial charge in [-0.1, -0.05) is 0 Å². The summed E-state index contributed by atoms with van der Waals surface area (Å²) >= 11 is 0. The molecule has 0 aromatic carbocycles. The molecule has 0 rings (SSSR count). The summed E-state index contributed by atoms with van der Waals surface area (Å²) in [4.78, 5) is 0. The molecule has 0 aliphatic carbocycles. The number of nitrogens with one attached hydrogen (secondary N) is 2. The first kappa shape index (κ1) is 20.1. The van der Waals surface area contributed by atoms with Gasteiger partial charge >= 0.3 is 0 Å². The lowest BCUT2D eigenvalue weighted by Crippen LogP contribution is -2.61. The number of rotatable bonds is 6. The second kappa shape index (κ2) is 8.07. The predicted octanol–water partition coefficient (Wildman–Crippen LogP) is 0.0273. The SMILES string of the molecule is CC(C)(O)CN.CNCCNC(C)(C)C(C)(C)N. The van der Waals surface area contributed by atoms with Crippen LogP contribution in [0.25, 0.3) is 0 Å². The summed E-state index contributed by atoms with van der Waals surface area (Å²) in [6, 6.07) is 0. The van der Waals surface area contributed by atoms with E-state index in [-0.39, 0.29) is 11.1 Å². The fourth-order valence-corrected chi connectivity index (χ4v) is 0.728. The molecule has 7 N–H and O–H groups in total. The van der Waals surface area contributed by atoms with E-state index in [1.54, 1.807) is 13.8 Å². The van der Waals surface area contributed by atoms with Crippen molar-refractivity contribution in [3.8, 4) is 0 Å². The van der Waals surface area contributed by atoms with E-state index in [9.17, 15) is 0 Å². The molecule has 0 aromatic heterocycles. The lowest BCUT2D eigenvalue weighted by atomic mass is 9.83. The molecule has 0 aliphatic heterocycles. The Kier molecular flexibility index (Phi) is 9.02.